The Morgan fingerprint density at radius 1 is 1.63 bits per heavy atom. The summed E-state index contributed by atoms with van der Waals surface area (Å²) in [6.07, 6.45) is 3.46. The quantitative estimate of drug-likeness (QED) is 0.592. The van der Waals surface area contributed by atoms with Gasteiger partial charge in [-0.05, 0) is 18.8 Å². The van der Waals surface area contributed by atoms with Gasteiger partial charge in [0.2, 0.25) is 5.82 Å². The van der Waals surface area contributed by atoms with Gasteiger partial charge in [0.1, 0.15) is 6.33 Å². The highest BCUT2D eigenvalue weighted by Crippen LogP contribution is 2.39. The molecular weight excluding hydrogens is 250 g/mol. The average Bonchev–Trinajstić information content (AvgIpc) is 3.22. The van der Waals surface area contributed by atoms with E-state index in [1.807, 2.05) is 0 Å². The zero-order valence-corrected chi connectivity index (χ0v) is 10.9. The van der Waals surface area contributed by atoms with Crippen LogP contribution in [0.3, 0.4) is 0 Å². The van der Waals surface area contributed by atoms with Crippen molar-refractivity contribution in [3.8, 4) is 5.88 Å². The number of hydrogen-bond acceptors (Lipinski definition) is 7. The lowest BCUT2D eigenvalue weighted by molar-refractivity contribution is -0.385. The fourth-order valence-corrected chi connectivity index (χ4v) is 2.23. The molecule has 1 unspecified atom stereocenters. The first-order valence-electron chi connectivity index (χ1n) is 6.06. The standard InChI is InChI=1S/C11H17N5O3/c1-15(8(5-12)7-3-4-7)10-9(16(17)18)11(19-2)14-6-13-10/h6-8H,3-5,12H2,1-2H3. The monoisotopic (exact) mass is 267 g/mol. The highest BCUT2D eigenvalue weighted by molar-refractivity contribution is 5.63. The van der Waals surface area contributed by atoms with Crippen LogP contribution in [0.25, 0.3) is 0 Å². The molecule has 0 bridgehead atoms. The molecule has 19 heavy (non-hydrogen) atoms. The van der Waals surface area contributed by atoms with E-state index in [9.17, 15) is 10.1 Å². The topological polar surface area (TPSA) is 107 Å². The van der Waals surface area contributed by atoms with Crippen molar-refractivity contribution < 1.29 is 9.66 Å². The second-order valence-corrected chi connectivity index (χ2v) is 4.56. The molecule has 1 aliphatic rings. The van der Waals surface area contributed by atoms with Crippen LogP contribution in [-0.4, -0.2) is 41.6 Å². The summed E-state index contributed by atoms with van der Waals surface area (Å²) in [7, 11) is 3.12. The van der Waals surface area contributed by atoms with Crippen molar-refractivity contribution >= 4 is 11.5 Å². The van der Waals surface area contributed by atoms with Gasteiger partial charge in [-0.3, -0.25) is 10.1 Å². The van der Waals surface area contributed by atoms with E-state index >= 15 is 0 Å². The third-order valence-electron chi connectivity index (χ3n) is 3.38. The molecule has 1 aromatic rings. The van der Waals surface area contributed by atoms with E-state index in [2.05, 4.69) is 9.97 Å². The van der Waals surface area contributed by atoms with Crippen LogP contribution in [0.5, 0.6) is 5.88 Å². The summed E-state index contributed by atoms with van der Waals surface area (Å²) in [4.78, 5) is 20.2. The maximum Gasteiger partial charge on any atom is 0.372 e. The minimum absolute atomic E-state index is 0.0339. The number of aromatic nitrogens is 2. The predicted molar refractivity (Wildman–Crippen MR) is 69.2 cm³/mol. The molecule has 0 radical (unpaired) electrons. The highest BCUT2D eigenvalue weighted by Gasteiger charge is 2.37. The second-order valence-electron chi connectivity index (χ2n) is 4.56. The maximum atomic E-state index is 11.2. The van der Waals surface area contributed by atoms with Crippen LogP contribution in [0.2, 0.25) is 0 Å². The minimum Gasteiger partial charge on any atom is -0.476 e. The summed E-state index contributed by atoms with van der Waals surface area (Å²) < 4.78 is 4.94. The van der Waals surface area contributed by atoms with Gasteiger partial charge in [-0.25, -0.2) is 4.98 Å². The third-order valence-corrected chi connectivity index (χ3v) is 3.38. The molecule has 1 saturated carbocycles. The van der Waals surface area contributed by atoms with Gasteiger partial charge in [-0.1, -0.05) is 0 Å². The Morgan fingerprint density at radius 2 is 2.32 bits per heavy atom. The van der Waals surface area contributed by atoms with Crippen molar-refractivity contribution in [3.05, 3.63) is 16.4 Å². The molecule has 1 fully saturated rings. The van der Waals surface area contributed by atoms with Gasteiger partial charge in [-0.2, -0.15) is 4.98 Å². The van der Waals surface area contributed by atoms with Crippen LogP contribution >= 0.6 is 0 Å². The molecule has 1 heterocycles. The molecule has 2 N–H and O–H groups in total. The second kappa shape index (κ2) is 5.35. The Morgan fingerprint density at radius 3 is 2.79 bits per heavy atom. The predicted octanol–water partition coefficient (Wildman–Crippen LogP) is 0.567. The molecule has 0 aromatic carbocycles. The van der Waals surface area contributed by atoms with Crippen molar-refractivity contribution in [1.82, 2.24) is 9.97 Å². The molecule has 1 atom stereocenters. The lowest BCUT2D eigenvalue weighted by Crippen LogP contribution is -2.40. The molecule has 1 aliphatic carbocycles. The Kier molecular flexibility index (Phi) is 3.79. The van der Waals surface area contributed by atoms with Gasteiger partial charge in [-0.15, -0.1) is 0 Å². The number of methoxy groups -OCH3 is 1. The third kappa shape index (κ3) is 2.58. The molecule has 104 valence electrons. The summed E-state index contributed by atoms with van der Waals surface area (Å²) in [6.45, 7) is 0.435. The summed E-state index contributed by atoms with van der Waals surface area (Å²) >= 11 is 0. The van der Waals surface area contributed by atoms with Crippen LogP contribution in [0, 0.1) is 16.0 Å². The Labute approximate surface area is 110 Å². The van der Waals surface area contributed by atoms with Gasteiger partial charge in [0.05, 0.1) is 12.0 Å². The Hall–Kier alpha value is -1.96. The fraction of sp³-hybridized carbons (Fsp3) is 0.636. The number of rotatable bonds is 6. The van der Waals surface area contributed by atoms with Crippen molar-refractivity contribution in [2.24, 2.45) is 11.7 Å². The Balaban J connectivity index is 2.39. The maximum absolute atomic E-state index is 11.2. The average molecular weight is 267 g/mol. The molecule has 2 rings (SSSR count). The summed E-state index contributed by atoms with van der Waals surface area (Å²) in [6, 6.07) is 0.0540. The van der Waals surface area contributed by atoms with Gasteiger partial charge in [0.25, 0.3) is 5.88 Å². The zero-order chi connectivity index (χ0) is 14.0. The summed E-state index contributed by atoms with van der Waals surface area (Å²) in [5.41, 5.74) is 5.55. The SMILES string of the molecule is COc1ncnc(N(C)C(CN)C2CC2)c1[N+](=O)[O-]. The van der Waals surface area contributed by atoms with Gasteiger partial charge < -0.3 is 15.4 Å². The van der Waals surface area contributed by atoms with Crippen molar-refractivity contribution in [1.29, 1.82) is 0 Å². The van der Waals surface area contributed by atoms with E-state index in [4.69, 9.17) is 10.5 Å². The first kappa shape index (κ1) is 13.5. The number of nitrogens with zero attached hydrogens (tertiary/aromatic N) is 4. The zero-order valence-electron chi connectivity index (χ0n) is 10.9. The van der Waals surface area contributed by atoms with Crippen molar-refractivity contribution in [3.63, 3.8) is 0 Å². The molecule has 0 amide bonds. The molecule has 0 saturated heterocycles. The molecule has 0 aliphatic heterocycles. The van der Waals surface area contributed by atoms with Crippen LogP contribution in [0.1, 0.15) is 12.8 Å². The molecular formula is C11H17N5O3. The lowest BCUT2D eigenvalue weighted by Gasteiger charge is -2.27. The first-order valence-corrected chi connectivity index (χ1v) is 6.06. The molecule has 8 heteroatoms. The van der Waals surface area contributed by atoms with Crippen molar-refractivity contribution in [2.45, 2.75) is 18.9 Å². The summed E-state index contributed by atoms with van der Waals surface area (Å²) in [5, 5.41) is 11.2. The molecule has 1 aromatic heterocycles. The van der Waals surface area contributed by atoms with Crippen LogP contribution in [0.15, 0.2) is 6.33 Å². The number of likely N-dealkylation sites (N-methyl/N-ethyl adjacent to an activating group) is 1. The van der Waals surface area contributed by atoms with E-state index < -0.39 is 4.92 Å². The largest absolute Gasteiger partial charge is 0.476 e. The molecule has 8 nitrogen and oxygen atoms in total. The number of anilines is 1. The van der Waals surface area contributed by atoms with Crippen LogP contribution < -0.4 is 15.4 Å². The highest BCUT2D eigenvalue weighted by atomic mass is 16.6. The summed E-state index contributed by atoms with van der Waals surface area (Å²) in [5.74, 6) is 0.697. The van der Waals surface area contributed by atoms with Crippen LogP contribution in [0.4, 0.5) is 11.5 Å². The molecule has 0 spiro atoms. The normalized spacial score (nSPS) is 15.9. The van der Waals surface area contributed by atoms with E-state index in [1.54, 1.807) is 11.9 Å². The fourth-order valence-electron chi connectivity index (χ4n) is 2.23. The number of nitro groups is 1. The van der Waals surface area contributed by atoms with E-state index in [0.717, 1.165) is 12.8 Å². The van der Waals surface area contributed by atoms with E-state index in [1.165, 1.54) is 13.4 Å². The van der Waals surface area contributed by atoms with Gasteiger partial charge in [0.15, 0.2) is 0 Å². The minimum atomic E-state index is -0.523. The number of ether oxygens (including phenoxy) is 1. The lowest BCUT2D eigenvalue weighted by atomic mass is 10.1. The van der Waals surface area contributed by atoms with Crippen molar-refractivity contribution in [2.75, 3.05) is 25.6 Å². The van der Waals surface area contributed by atoms with Gasteiger partial charge in [0, 0.05) is 19.6 Å². The number of hydrogen-bond donors (Lipinski definition) is 1. The van der Waals surface area contributed by atoms with Crippen LogP contribution in [-0.2, 0) is 0 Å². The Bertz CT molecular complexity index is 477. The number of nitrogens with two attached hydrogens (primary N) is 1. The van der Waals surface area contributed by atoms with E-state index in [0.29, 0.717) is 12.5 Å². The smallest absolute Gasteiger partial charge is 0.372 e. The van der Waals surface area contributed by atoms with Gasteiger partial charge >= 0.3 is 5.69 Å². The van der Waals surface area contributed by atoms with E-state index in [-0.39, 0.29) is 23.4 Å². The first-order chi connectivity index (χ1) is 9.10.